The molecule has 13 nitrogen and oxygen atoms in total. The molecule has 1 fully saturated rings. The molecule has 0 aliphatic carbocycles. The van der Waals surface area contributed by atoms with E-state index in [0.717, 1.165) is 4.47 Å². The highest BCUT2D eigenvalue weighted by Gasteiger charge is 2.29. The van der Waals surface area contributed by atoms with E-state index < -0.39 is 6.04 Å². The molecule has 0 aromatic carbocycles. The Morgan fingerprint density at radius 3 is 2.50 bits per heavy atom. The molecule has 3 amide bonds. The van der Waals surface area contributed by atoms with Crippen molar-refractivity contribution in [1.29, 1.82) is 0 Å². The summed E-state index contributed by atoms with van der Waals surface area (Å²) in [5.74, 6) is -0.491. The molecule has 1 aliphatic rings. The molecule has 4 rings (SSSR count). The lowest BCUT2D eigenvalue weighted by Crippen LogP contribution is -2.52. The Balaban J connectivity index is 1.34. The molecule has 1 unspecified atom stereocenters. The largest absolute Gasteiger partial charge is 0.450 e. The standard InChI is InChI=1S/C22H28BrN9O4/c1-4-36-22(35)29-9-7-28(8-10-29)21(34)16(3)32-13-19(15(2)26-32)25-20(33)18-5-6-30(27-18)14-31-12-17(23)11-24-31/h5-6,11-13,16H,4,7-10,14H2,1-3H3,(H,25,33). The average molecular weight is 562 g/mol. The van der Waals surface area contributed by atoms with Gasteiger partial charge in [-0.25, -0.2) is 9.48 Å². The normalized spacial score (nSPS) is 14.6. The van der Waals surface area contributed by atoms with E-state index in [2.05, 4.69) is 36.5 Å². The molecule has 36 heavy (non-hydrogen) atoms. The average Bonchev–Trinajstić information content (AvgIpc) is 3.59. The van der Waals surface area contributed by atoms with E-state index in [4.69, 9.17) is 4.74 Å². The first-order chi connectivity index (χ1) is 17.2. The van der Waals surface area contributed by atoms with Gasteiger partial charge in [0.15, 0.2) is 5.69 Å². The molecule has 3 aromatic rings. The number of anilines is 1. The van der Waals surface area contributed by atoms with Crippen molar-refractivity contribution in [2.75, 3.05) is 38.1 Å². The van der Waals surface area contributed by atoms with Crippen molar-refractivity contribution < 1.29 is 19.1 Å². The molecule has 192 valence electrons. The molecule has 1 saturated heterocycles. The smallest absolute Gasteiger partial charge is 0.409 e. The van der Waals surface area contributed by atoms with E-state index in [1.54, 1.807) is 69.3 Å². The number of hydrogen-bond acceptors (Lipinski definition) is 7. The second-order valence-corrected chi connectivity index (χ2v) is 9.25. The number of nitrogens with zero attached hydrogens (tertiary/aromatic N) is 8. The Bertz CT molecular complexity index is 1240. The summed E-state index contributed by atoms with van der Waals surface area (Å²) in [5.41, 5.74) is 1.32. The SMILES string of the molecule is CCOC(=O)N1CCN(C(=O)C(C)n2cc(NC(=O)c3ccn(Cn4cc(Br)cn4)n3)c(C)n2)CC1. The van der Waals surface area contributed by atoms with Gasteiger partial charge in [0.05, 0.1) is 28.7 Å². The van der Waals surface area contributed by atoms with Gasteiger partial charge in [-0.1, -0.05) is 0 Å². The van der Waals surface area contributed by atoms with Crippen LogP contribution in [0.4, 0.5) is 10.5 Å². The summed E-state index contributed by atoms with van der Waals surface area (Å²) in [4.78, 5) is 41.0. The maximum atomic E-state index is 13.0. The highest BCUT2D eigenvalue weighted by Crippen LogP contribution is 2.19. The van der Waals surface area contributed by atoms with Gasteiger partial charge >= 0.3 is 6.09 Å². The summed E-state index contributed by atoms with van der Waals surface area (Å²) < 4.78 is 10.7. The van der Waals surface area contributed by atoms with Crippen molar-refractivity contribution in [2.24, 2.45) is 0 Å². The number of carbonyl (C=O) groups is 3. The van der Waals surface area contributed by atoms with Crippen molar-refractivity contribution in [3.63, 3.8) is 0 Å². The highest BCUT2D eigenvalue weighted by molar-refractivity contribution is 9.10. The fraction of sp³-hybridized carbons (Fsp3) is 0.455. The van der Waals surface area contributed by atoms with Crippen LogP contribution in [0.25, 0.3) is 0 Å². The lowest BCUT2D eigenvalue weighted by atomic mass is 10.2. The van der Waals surface area contributed by atoms with Gasteiger partial charge in [0.2, 0.25) is 5.91 Å². The number of amides is 3. The van der Waals surface area contributed by atoms with Gasteiger partial charge in [-0.3, -0.25) is 19.0 Å². The molecule has 1 N–H and O–H groups in total. The van der Waals surface area contributed by atoms with Crippen LogP contribution in [0.2, 0.25) is 0 Å². The van der Waals surface area contributed by atoms with Crippen LogP contribution in [0.1, 0.15) is 36.1 Å². The first-order valence-corrected chi connectivity index (χ1v) is 12.3. The summed E-state index contributed by atoms with van der Waals surface area (Å²) >= 11 is 3.35. The van der Waals surface area contributed by atoms with Crippen LogP contribution >= 0.6 is 15.9 Å². The minimum Gasteiger partial charge on any atom is -0.450 e. The topological polar surface area (TPSA) is 132 Å². The van der Waals surface area contributed by atoms with Gasteiger partial charge in [0, 0.05) is 44.8 Å². The number of ether oxygens (including phenoxy) is 1. The fourth-order valence-electron chi connectivity index (χ4n) is 3.82. The number of nitrogens with one attached hydrogen (secondary N) is 1. The van der Waals surface area contributed by atoms with Gasteiger partial charge in [0.25, 0.3) is 5.91 Å². The van der Waals surface area contributed by atoms with Crippen LogP contribution < -0.4 is 5.32 Å². The zero-order valence-electron chi connectivity index (χ0n) is 20.3. The molecule has 0 bridgehead atoms. The zero-order valence-corrected chi connectivity index (χ0v) is 21.9. The summed E-state index contributed by atoms with van der Waals surface area (Å²) in [6.07, 6.45) is 6.46. The third kappa shape index (κ3) is 5.75. The van der Waals surface area contributed by atoms with Crippen LogP contribution in [0, 0.1) is 6.92 Å². The number of rotatable bonds is 7. The minimum absolute atomic E-state index is 0.108. The van der Waals surface area contributed by atoms with Gasteiger partial charge in [-0.05, 0) is 42.8 Å². The predicted octanol–water partition coefficient (Wildman–Crippen LogP) is 1.97. The molecule has 1 aliphatic heterocycles. The summed E-state index contributed by atoms with van der Waals surface area (Å²) in [6, 6.07) is 1.05. The lowest BCUT2D eigenvalue weighted by Gasteiger charge is -2.35. The van der Waals surface area contributed by atoms with E-state index in [0.29, 0.717) is 50.8 Å². The molecule has 3 aromatic heterocycles. The van der Waals surface area contributed by atoms with Crippen LogP contribution in [-0.4, -0.2) is 89.8 Å². The van der Waals surface area contributed by atoms with Crippen molar-refractivity contribution >= 4 is 39.5 Å². The predicted molar refractivity (Wildman–Crippen MR) is 132 cm³/mol. The summed E-state index contributed by atoms with van der Waals surface area (Å²) in [5, 5.41) is 15.7. The van der Waals surface area contributed by atoms with E-state index in [1.807, 2.05) is 6.20 Å². The Morgan fingerprint density at radius 2 is 1.83 bits per heavy atom. The molecule has 0 saturated carbocycles. The molecule has 1 atom stereocenters. The Hall–Kier alpha value is -3.68. The van der Waals surface area contributed by atoms with Crippen LogP contribution in [0.5, 0.6) is 0 Å². The second-order valence-electron chi connectivity index (χ2n) is 8.33. The first-order valence-electron chi connectivity index (χ1n) is 11.5. The highest BCUT2D eigenvalue weighted by atomic mass is 79.9. The molecular formula is C22H28BrN9O4. The molecule has 4 heterocycles. The molecule has 0 spiro atoms. The second kappa shape index (κ2) is 10.9. The maximum absolute atomic E-state index is 13.0. The monoisotopic (exact) mass is 561 g/mol. The van der Waals surface area contributed by atoms with Crippen molar-refractivity contribution in [1.82, 2.24) is 39.1 Å². The maximum Gasteiger partial charge on any atom is 0.409 e. The Labute approximate surface area is 216 Å². The van der Waals surface area contributed by atoms with Crippen molar-refractivity contribution in [3.8, 4) is 0 Å². The van der Waals surface area contributed by atoms with Crippen molar-refractivity contribution in [3.05, 3.63) is 46.7 Å². The Morgan fingerprint density at radius 1 is 1.11 bits per heavy atom. The molecular weight excluding hydrogens is 534 g/mol. The summed E-state index contributed by atoms with van der Waals surface area (Å²) in [7, 11) is 0. The summed E-state index contributed by atoms with van der Waals surface area (Å²) in [6.45, 7) is 7.64. The number of piperazine rings is 1. The molecule has 14 heteroatoms. The number of aryl methyl sites for hydroxylation is 1. The quantitative estimate of drug-likeness (QED) is 0.466. The van der Waals surface area contributed by atoms with E-state index >= 15 is 0 Å². The van der Waals surface area contributed by atoms with Crippen molar-refractivity contribution in [2.45, 2.75) is 33.5 Å². The fourth-order valence-corrected chi connectivity index (χ4v) is 4.14. The number of aromatic nitrogens is 6. The number of carbonyl (C=O) groups excluding carboxylic acids is 3. The van der Waals surface area contributed by atoms with Crippen LogP contribution in [0.15, 0.2) is 35.3 Å². The van der Waals surface area contributed by atoms with Gasteiger partial charge in [-0.15, -0.1) is 0 Å². The number of halogens is 1. The minimum atomic E-state index is -0.573. The first kappa shape index (κ1) is 25.4. The number of hydrogen-bond donors (Lipinski definition) is 1. The molecule has 0 radical (unpaired) electrons. The van der Waals surface area contributed by atoms with Crippen LogP contribution in [0.3, 0.4) is 0 Å². The zero-order chi connectivity index (χ0) is 25.8. The van der Waals surface area contributed by atoms with Gasteiger partial charge in [0.1, 0.15) is 12.7 Å². The third-order valence-electron chi connectivity index (χ3n) is 5.80. The third-order valence-corrected chi connectivity index (χ3v) is 6.21. The van der Waals surface area contributed by atoms with Gasteiger partial charge < -0.3 is 19.9 Å². The Kier molecular flexibility index (Phi) is 7.72. The van der Waals surface area contributed by atoms with E-state index in [9.17, 15) is 14.4 Å². The van der Waals surface area contributed by atoms with E-state index in [1.165, 1.54) is 0 Å². The van der Waals surface area contributed by atoms with E-state index in [-0.39, 0.29) is 23.6 Å². The lowest BCUT2D eigenvalue weighted by molar-refractivity contribution is -0.136. The van der Waals surface area contributed by atoms with Crippen LogP contribution in [-0.2, 0) is 16.2 Å². The van der Waals surface area contributed by atoms with Gasteiger partial charge in [-0.2, -0.15) is 15.3 Å².